The Labute approximate surface area is 116 Å². The molecule has 0 aliphatic carbocycles. The number of thiophene rings is 1. The summed E-state index contributed by atoms with van der Waals surface area (Å²) in [5, 5.41) is 5.56. The van der Waals surface area contributed by atoms with Crippen molar-refractivity contribution in [1.82, 2.24) is 5.32 Å². The van der Waals surface area contributed by atoms with Crippen molar-refractivity contribution in [2.45, 2.75) is 25.9 Å². The maximum absolute atomic E-state index is 13.7. The van der Waals surface area contributed by atoms with Crippen molar-refractivity contribution in [1.29, 1.82) is 0 Å². The van der Waals surface area contributed by atoms with E-state index in [-0.39, 0.29) is 10.8 Å². The lowest BCUT2D eigenvalue weighted by Gasteiger charge is -2.13. The Morgan fingerprint density at radius 1 is 1.33 bits per heavy atom. The lowest BCUT2D eigenvalue weighted by Crippen LogP contribution is -2.27. The summed E-state index contributed by atoms with van der Waals surface area (Å²) in [6.07, 6.45) is 0.958. The van der Waals surface area contributed by atoms with E-state index in [0.29, 0.717) is 18.2 Å². The van der Waals surface area contributed by atoms with Gasteiger partial charge in [-0.25, -0.2) is 4.39 Å². The Balaban J connectivity index is 1.89. The first-order valence-corrected chi connectivity index (χ1v) is 7.11. The van der Waals surface area contributed by atoms with Gasteiger partial charge in [-0.1, -0.05) is 29.8 Å². The molecule has 1 atom stereocenters. The SMILES string of the molecule is CC(Cc1cccs1)NCc1cccc(Cl)c1F. The summed E-state index contributed by atoms with van der Waals surface area (Å²) in [7, 11) is 0. The normalized spacial score (nSPS) is 12.6. The molecule has 0 saturated carbocycles. The monoisotopic (exact) mass is 283 g/mol. The number of halogens is 2. The molecule has 0 saturated heterocycles. The first kappa shape index (κ1) is 13.5. The Hall–Kier alpha value is -0.900. The molecule has 1 N–H and O–H groups in total. The minimum atomic E-state index is -0.324. The van der Waals surface area contributed by atoms with Gasteiger partial charge in [0.2, 0.25) is 0 Å². The van der Waals surface area contributed by atoms with Gasteiger partial charge in [-0.3, -0.25) is 0 Å². The Kier molecular flexibility index (Phi) is 4.75. The van der Waals surface area contributed by atoms with Gasteiger partial charge in [-0.15, -0.1) is 11.3 Å². The third kappa shape index (κ3) is 3.55. The molecular weight excluding hydrogens is 269 g/mol. The van der Waals surface area contributed by atoms with E-state index in [1.54, 1.807) is 29.5 Å². The molecule has 1 aromatic carbocycles. The largest absolute Gasteiger partial charge is 0.310 e. The van der Waals surface area contributed by atoms with Crippen molar-refractivity contribution in [3.05, 3.63) is 57.0 Å². The summed E-state index contributed by atoms with van der Waals surface area (Å²) in [5.41, 5.74) is 0.612. The van der Waals surface area contributed by atoms with E-state index in [1.165, 1.54) is 4.88 Å². The summed E-state index contributed by atoms with van der Waals surface area (Å²) < 4.78 is 13.7. The highest BCUT2D eigenvalue weighted by Crippen LogP contribution is 2.18. The Bertz CT molecular complexity index is 499. The van der Waals surface area contributed by atoms with E-state index >= 15 is 0 Å². The van der Waals surface area contributed by atoms with Crippen molar-refractivity contribution in [3.8, 4) is 0 Å². The molecule has 96 valence electrons. The highest BCUT2D eigenvalue weighted by molar-refractivity contribution is 7.09. The predicted molar refractivity (Wildman–Crippen MR) is 75.7 cm³/mol. The number of hydrogen-bond acceptors (Lipinski definition) is 2. The third-order valence-electron chi connectivity index (χ3n) is 2.76. The van der Waals surface area contributed by atoms with E-state index in [2.05, 4.69) is 23.7 Å². The van der Waals surface area contributed by atoms with Crippen LogP contribution in [0.2, 0.25) is 5.02 Å². The summed E-state index contributed by atoms with van der Waals surface area (Å²) in [4.78, 5) is 1.33. The average Bonchev–Trinajstić information content (AvgIpc) is 2.84. The van der Waals surface area contributed by atoms with E-state index < -0.39 is 0 Å². The van der Waals surface area contributed by atoms with Crippen LogP contribution in [0.1, 0.15) is 17.4 Å². The minimum Gasteiger partial charge on any atom is -0.310 e. The van der Waals surface area contributed by atoms with Crippen LogP contribution in [-0.2, 0) is 13.0 Å². The quantitative estimate of drug-likeness (QED) is 0.864. The molecule has 2 aromatic rings. The lowest BCUT2D eigenvalue weighted by molar-refractivity contribution is 0.528. The lowest BCUT2D eigenvalue weighted by atomic mass is 10.1. The van der Waals surface area contributed by atoms with Crippen molar-refractivity contribution >= 4 is 22.9 Å². The van der Waals surface area contributed by atoms with E-state index in [9.17, 15) is 4.39 Å². The van der Waals surface area contributed by atoms with Crippen LogP contribution in [0.15, 0.2) is 35.7 Å². The van der Waals surface area contributed by atoms with Crippen LogP contribution in [0.25, 0.3) is 0 Å². The molecule has 2 rings (SSSR count). The third-order valence-corrected chi connectivity index (χ3v) is 3.95. The van der Waals surface area contributed by atoms with E-state index in [0.717, 1.165) is 6.42 Å². The van der Waals surface area contributed by atoms with Gasteiger partial charge in [0.15, 0.2) is 0 Å². The van der Waals surface area contributed by atoms with Crippen LogP contribution < -0.4 is 5.32 Å². The number of benzene rings is 1. The first-order chi connectivity index (χ1) is 8.66. The summed E-state index contributed by atoms with van der Waals surface area (Å²) in [6.45, 7) is 2.60. The molecule has 1 nitrogen and oxygen atoms in total. The van der Waals surface area contributed by atoms with E-state index in [4.69, 9.17) is 11.6 Å². The van der Waals surface area contributed by atoms with Crippen LogP contribution in [0, 0.1) is 5.82 Å². The van der Waals surface area contributed by atoms with Gasteiger partial charge >= 0.3 is 0 Å². The molecule has 0 amide bonds. The zero-order valence-electron chi connectivity index (χ0n) is 10.1. The van der Waals surface area contributed by atoms with Crippen molar-refractivity contribution < 1.29 is 4.39 Å². The van der Waals surface area contributed by atoms with Gasteiger partial charge in [-0.05, 0) is 30.9 Å². The standard InChI is InChI=1S/C14H15ClFNS/c1-10(8-12-5-3-7-18-12)17-9-11-4-2-6-13(15)14(11)16/h2-7,10,17H,8-9H2,1H3. The summed E-state index contributed by atoms with van der Waals surface area (Å²) >= 11 is 7.49. The Morgan fingerprint density at radius 3 is 2.89 bits per heavy atom. The van der Waals surface area contributed by atoms with Crippen LogP contribution in [0.5, 0.6) is 0 Å². The number of rotatable bonds is 5. The fourth-order valence-electron chi connectivity index (χ4n) is 1.77. The van der Waals surface area contributed by atoms with Crippen LogP contribution in [0.3, 0.4) is 0 Å². The van der Waals surface area contributed by atoms with Gasteiger partial charge in [0, 0.05) is 23.0 Å². The molecule has 0 radical (unpaired) electrons. The first-order valence-electron chi connectivity index (χ1n) is 5.85. The molecule has 0 bridgehead atoms. The highest BCUT2D eigenvalue weighted by atomic mass is 35.5. The molecule has 4 heteroatoms. The van der Waals surface area contributed by atoms with Gasteiger partial charge in [0.25, 0.3) is 0 Å². The molecule has 0 spiro atoms. The van der Waals surface area contributed by atoms with Crippen LogP contribution >= 0.6 is 22.9 Å². The van der Waals surface area contributed by atoms with Gasteiger partial charge < -0.3 is 5.32 Å². The second-order valence-corrected chi connectivity index (χ2v) is 5.72. The molecule has 0 aliphatic heterocycles. The van der Waals surface area contributed by atoms with Crippen molar-refractivity contribution in [2.24, 2.45) is 0 Å². The second kappa shape index (κ2) is 6.32. The summed E-state index contributed by atoms with van der Waals surface area (Å²) in [5.74, 6) is -0.324. The number of nitrogens with one attached hydrogen (secondary N) is 1. The zero-order chi connectivity index (χ0) is 13.0. The summed E-state index contributed by atoms with van der Waals surface area (Å²) in [6, 6.07) is 9.56. The average molecular weight is 284 g/mol. The molecule has 0 fully saturated rings. The molecule has 18 heavy (non-hydrogen) atoms. The van der Waals surface area contributed by atoms with Crippen molar-refractivity contribution in [3.63, 3.8) is 0 Å². The van der Waals surface area contributed by atoms with Crippen molar-refractivity contribution in [2.75, 3.05) is 0 Å². The molecule has 1 aromatic heterocycles. The Morgan fingerprint density at radius 2 is 2.17 bits per heavy atom. The molecule has 1 unspecified atom stereocenters. The maximum Gasteiger partial charge on any atom is 0.146 e. The molecule has 1 heterocycles. The maximum atomic E-state index is 13.7. The highest BCUT2D eigenvalue weighted by Gasteiger charge is 2.08. The fraction of sp³-hybridized carbons (Fsp3) is 0.286. The molecule has 0 aliphatic rings. The zero-order valence-corrected chi connectivity index (χ0v) is 11.7. The molecular formula is C14H15ClFNS. The minimum absolute atomic E-state index is 0.181. The topological polar surface area (TPSA) is 12.0 Å². The fourth-order valence-corrected chi connectivity index (χ4v) is 2.80. The van der Waals surface area contributed by atoms with Gasteiger partial charge in [0.1, 0.15) is 5.82 Å². The predicted octanol–water partition coefficient (Wildman–Crippen LogP) is 4.26. The second-order valence-electron chi connectivity index (χ2n) is 4.28. The van der Waals surface area contributed by atoms with Gasteiger partial charge in [0.05, 0.1) is 5.02 Å². The van der Waals surface area contributed by atoms with Crippen LogP contribution in [0.4, 0.5) is 4.39 Å². The smallest absolute Gasteiger partial charge is 0.146 e. The van der Waals surface area contributed by atoms with Gasteiger partial charge in [-0.2, -0.15) is 0 Å². The number of hydrogen-bond donors (Lipinski definition) is 1. The van der Waals surface area contributed by atoms with Crippen LogP contribution in [-0.4, -0.2) is 6.04 Å². The van der Waals surface area contributed by atoms with E-state index in [1.807, 2.05) is 6.07 Å².